The second-order valence-electron chi connectivity index (χ2n) is 8.57. The van der Waals surface area contributed by atoms with Crippen molar-refractivity contribution in [1.29, 1.82) is 0 Å². The third-order valence-electron chi connectivity index (χ3n) is 6.81. The molecule has 0 amide bonds. The van der Waals surface area contributed by atoms with Gasteiger partial charge in [0.2, 0.25) is 0 Å². The largest absolute Gasteiger partial charge is 0.442 e. The van der Waals surface area contributed by atoms with Crippen LogP contribution < -0.4 is 0 Å². The number of allylic oxidation sites excluding steroid dienone is 4. The fourth-order valence-corrected chi connectivity index (χ4v) is 4.40. The zero-order valence-electron chi connectivity index (χ0n) is 18.2. The summed E-state index contributed by atoms with van der Waals surface area (Å²) in [6.07, 6.45) is 12.3. The molecular weight excluding hydrogens is 360 g/mol. The second-order valence-corrected chi connectivity index (χ2v) is 8.57. The first-order chi connectivity index (χ1) is 14.0. The minimum absolute atomic E-state index is 0.0438. The summed E-state index contributed by atoms with van der Waals surface area (Å²) in [6.45, 7) is 11.0. The molecule has 3 nitrogen and oxygen atoms in total. The third kappa shape index (κ3) is 5.13. The molecule has 1 aromatic carbocycles. The molecule has 1 aliphatic heterocycles. The number of hydrogen-bond acceptors (Lipinski definition) is 3. The van der Waals surface area contributed by atoms with E-state index in [0.717, 1.165) is 18.4 Å². The van der Waals surface area contributed by atoms with E-state index < -0.39 is 5.79 Å². The van der Waals surface area contributed by atoms with E-state index in [-0.39, 0.29) is 5.41 Å². The lowest BCUT2D eigenvalue weighted by atomic mass is 9.59. The van der Waals surface area contributed by atoms with Gasteiger partial charge in [0.15, 0.2) is 5.79 Å². The quantitative estimate of drug-likeness (QED) is 0.462. The van der Waals surface area contributed by atoms with Crippen LogP contribution in [0.5, 0.6) is 0 Å². The van der Waals surface area contributed by atoms with Gasteiger partial charge in [-0.2, -0.15) is 0 Å². The Morgan fingerprint density at radius 2 is 1.93 bits per heavy atom. The van der Waals surface area contributed by atoms with Crippen LogP contribution in [0.2, 0.25) is 0 Å². The van der Waals surface area contributed by atoms with Gasteiger partial charge in [0.05, 0.1) is 13.2 Å². The highest BCUT2D eigenvalue weighted by Gasteiger charge is 2.54. The van der Waals surface area contributed by atoms with Crippen LogP contribution >= 0.6 is 0 Å². The van der Waals surface area contributed by atoms with Crippen molar-refractivity contribution in [3.8, 4) is 12.0 Å². The molecule has 1 spiro atoms. The molecule has 3 rings (SSSR count). The van der Waals surface area contributed by atoms with E-state index in [1.54, 1.807) is 0 Å². The Labute approximate surface area is 176 Å². The van der Waals surface area contributed by atoms with Gasteiger partial charge in [-0.25, -0.2) is 0 Å². The molecule has 0 aromatic heterocycles. The highest BCUT2D eigenvalue weighted by atomic mass is 16.7. The second kappa shape index (κ2) is 9.65. The van der Waals surface area contributed by atoms with Crippen molar-refractivity contribution in [2.45, 2.75) is 59.4 Å². The molecule has 1 saturated carbocycles. The maximum absolute atomic E-state index is 6.08. The Bertz CT molecular complexity index is 777. The van der Waals surface area contributed by atoms with Crippen LogP contribution in [-0.4, -0.2) is 19.0 Å². The lowest BCUT2D eigenvalue weighted by Gasteiger charge is -2.51. The molecule has 0 bridgehead atoms. The number of benzene rings is 1. The first-order valence-corrected chi connectivity index (χ1v) is 10.7. The van der Waals surface area contributed by atoms with Gasteiger partial charge in [0, 0.05) is 18.8 Å². The highest BCUT2D eigenvalue weighted by Crippen LogP contribution is 2.53. The van der Waals surface area contributed by atoms with Crippen molar-refractivity contribution in [2.75, 3.05) is 13.2 Å². The number of hydrogen-bond donors (Lipinski definition) is 0. The summed E-state index contributed by atoms with van der Waals surface area (Å²) in [5.41, 5.74) is 2.39. The van der Waals surface area contributed by atoms with Gasteiger partial charge < -0.3 is 14.2 Å². The van der Waals surface area contributed by atoms with Gasteiger partial charge in [0.25, 0.3) is 0 Å². The predicted molar refractivity (Wildman–Crippen MR) is 117 cm³/mol. The van der Waals surface area contributed by atoms with Crippen LogP contribution in [0, 0.1) is 29.3 Å². The summed E-state index contributed by atoms with van der Waals surface area (Å²) in [5.74, 6) is 3.58. The minimum atomic E-state index is -0.398. The maximum atomic E-state index is 6.08. The SMILES string of the molecule is CC(/C=C/[C@@]1(C)[C@H](C)CCC2(OCCO2)[C@@H]1C)=C\CC#COCc1ccccc1. The molecule has 0 N–H and O–H groups in total. The number of rotatable bonds is 5. The Morgan fingerprint density at radius 3 is 2.66 bits per heavy atom. The Kier molecular flexibility index (Phi) is 7.22. The highest BCUT2D eigenvalue weighted by molar-refractivity contribution is 5.22. The summed E-state index contributed by atoms with van der Waals surface area (Å²) in [4.78, 5) is 0. The minimum Gasteiger partial charge on any atom is -0.442 e. The van der Waals surface area contributed by atoms with Crippen molar-refractivity contribution < 1.29 is 14.2 Å². The van der Waals surface area contributed by atoms with Crippen LogP contribution in [0.3, 0.4) is 0 Å². The summed E-state index contributed by atoms with van der Waals surface area (Å²) < 4.78 is 17.6. The van der Waals surface area contributed by atoms with Gasteiger partial charge in [-0.15, -0.1) is 0 Å². The summed E-state index contributed by atoms with van der Waals surface area (Å²) in [7, 11) is 0. The molecule has 2 aliphatic rings. The summed E-state index contributed by atoms with van der Waals surface area (Å²) in [5, 5.41) is 0. The summed E-state index contributed by atoms with van der Waals surface area (Å²) in [6, 6.07) is 10.1. The monoisotopic (exact) mass is 394 g/mol. The predicted octanol–water partition coefficient (Wildman–Crippen LogP) is 5.87. The lowest BCUT2D eigenvalue weighted by molar-refractivity contribution is -0.240. The van der Waals surface area contributed by atoms with Gasteiger partial charge in [0.1, 0.15) is 12.7 Å². The van der Waals surface area contributed by atoms with Crippen LogP contribution in [-0.2, 0) is 20.8 Å². The smallest absolute Gasteiger partial charge is 0.171 e. The average Bonchev–Trinajstić information content (AvgIpc) is 3.21. The molecule has 0 unspecified atom stereocenters. The molecular formula is C26H34O3. The van der Waals surface area contributed by atoms with Gasteiger partial charge in [-0.1, -0.05) is 80.8 Å². The molecule has 3 atom stereocenters. The summed E-state index contributed by atoms with van der Waals surface area (Å²) >= 11 is 0. The normalized spacial score (nSPS) is 29.0. The van der Waals surface area contributed by atoms with E-state index in [1.165, 1.54) is 5.57 Å². The van der Waals surface area contributed by atoms with Crippen molar-refractivity contribution in [3.05, 3.63) is 59.7 Å². The Morgan fingerprint density at radius 1 is 1.21 bits per heavy atom. The average molecular weight is 395 g/mol. The van der Waals surface area contributed by atoms with Crippen molar-refractivity contribution in [1.82, 2.24) is 0 Å². The van der Waals surface area contributed by atoms with E-state index in [0.29, 0.717) is 38.1 Å². The van der Waals surface area contributed by atoms with Crippen LogP contribution in [0.4, 0.5) is 0 Å². The zero-order valence-corrected chi connectivity index (χ0v) is 18.2. The van der Waals surface area contributed by atoms with Crippen molar-refractivity contribution >= 4 is 0 Å². The van der Waals surface area contributed by atoms with Crippen LogP contribution in [0.25, 0.3) is 0 Å². The maximum Gasteiger partial charge on any atom is 0.171 e. The van der Waals surface area contributed by atoms with Crippen LogP contribution in [0.1, 0.15) is 52.5 Å². The molecule has 2 fully saturated rings. The van der Waals surface area contributed by atoms with Gasteiger partial charge in [-0.05, 0) is 30.2 Å². The van der Waals surface area contributed by atoms with E-state index in [1.807, 2.05) is 30.3 Å². The molecule has 156 valence electrons. The first kappa shape index (κ1) is 21.7. The molecule has 1 aliphatic carbocycles. The van der Waals surface area contributed by atoms with Crippen LogP contribution in [0.15, 0.2) is 54.1 Å². The molecule has 3 heteroatoms. The zero-order chi connectivity index (χ0) is 20.7. The number of ether oxygens (including phenoxy) is 3. The fourth-order valence-electron chi connectivity index (χ4n) is 4.40. The molecule has 1 heterocycles. The van der Waals surface area contributed by atoms with E-state index in [9.17, 15) is 0 Å². The van der Waals surface area contributed by atoms with Gasteiger partial charge >= 0.3 is 0 Å². The van der Waals surface area contributed by atoms with E-state index >= 15 is 0 Å². The van der Waals surface area contributed by atoms with E-state index in [2.05, 4.69) is 57.9 Å². The Balaban J connectivity index is 1.54. The van der Waals surface area contributed by atoms with Crippen molar-refractivity contribution in [2.24, 2.45) is 17.3 Å². The van der Waals surface area contributed by atoms with Crippen molar-refractivity contribution in [3.63, 3.8) is 0 Å². The topological polar surface area (TPSA) is 27.7 Å². The third-order valence-corrected chi connectivity index (χ3v) is 6.81. The first-order valence-electron chi connectivity index (χ1n) is 10.7. The standard InChI is InChI=1S/C26H34O3/c1-21(10-8-9-17-27-20-24-11-6-5-7-12-24)13-15-25(4)22(2)14-16-26(23(25)3)28-18-19-29-26/h5-7,10-13,15,22-23H,8,14,16,18-20H2,1-4H3/b15-13+,21-10+/t22-,23-,25+/m1/s1. The molecule has 1 aromatic rings. The lowest BCUT2D eigenvalue weighted by Crippen LogP contribution is -2.52. The Hall–Kier alpha value is -2.02. The molecule has 29 heavy (non-hydrogen) atoms. The fraction of sp³-hybridized carbons (Fsp3) is 0.538. The molecule has 1 saturated heterocycles. The van der Waals surface area contributed by atoms with Gasteiger partial charge in [-0.3, -0.25) is 0 Å². The van der Waals surface area contributed by atoms with E-state index in [4.69, 9.17) is 14.2 Å². The molecule has 0 radical (unpaired) electrons.